The van der Waals surface area contributed by atoms with Crippen LogP contribution in [0.15, 0.2) is 72.8 Å². The molecule has 2 fully saturated rings. The van der Waals surface area contributed by atoms with E-state index in [2.05, 4.69) is 10.6 Å². The van der Waals surface area contributed by atoms with E-state index in [4.69, 9.17) is 16.3 Å². The Morgan fingerprint density at radius 1 is 1.03 bits per heavy atom. The average Bonchev–Trinajstić information content (AvgIpc) is 3.61. The number of nitrogens with one attached hydrogen (secondary N) is 2. The van der Waals surface area contributed by atoms with Gasteiger partial charge in [0, 0.05) is 22.3 Å². The van der Waals surface area contributed by atoms with Gasteiger partial charge in [-0.05, 0) is 72.5 Å². The molecule has 9 heteroatoms. The van der Waals surface area contributed by atoms with Crippen molar-refractivity contribution < 1.29 is 23.5 Å². The quantitative estimate of drug-likeness (QED) is 0.467. The second-order valence-electron chi connectivity index (χ2n) is 8.88. The standard InChI is InChI=1S/C27H23ClFN3O4/c28-19-5-1-3-16(13-19)15-32-23(26(34)30-21-11-12-21)24(36-27(32)35)18-4-2-6-22(14-18)31-25(33)17-7-9-20(29)10-8-17/h1-10,13-14,21,23-24H,11-12,15H2,(H,30,34)(H,31,33)/t23-,24-/m0/s1. The van der Waals surface area contributed by atoms with Gasteiger partial charge in [0.2, 0.25) is 5.91 Å². The number of halogens is 2. The summed E-state index contributed by atoms with van der Waals surface area (Å²) in [5.74, 6) is -1.15. The summed E-state index contributed by atoms with van der Waals surface area (Å²) in [6.45, 7) is 0.152. The average molecular weight is 508 g/mol. The molecule has 2 N–H and O–H groups in total. The monoisotopic (exact) mass is 507 g/mol. The number of cyclic esters (lactones) is 1. The molecule has 1 saturated heterocycles. The van der Waals surface area contributed by atoms with E-state index in [9.17, 15) is 18.8 Å². The third-order valence-corrected chi connectivity index (χ3v) is 6.33. The number of hydrogen-bond acceptors (Lipinski definition) is 4. The summed E-state index contributed by atoms with van der Waals surface area (Å²) in [7, 11) is 0. The van der Waals surface area contributed by atoms with Gasteiger partial charge in [0.25, 0.3) is 5.91 Å². The van der Waals surface area contributed by atoms with Crippen molar-refractivity contribution >= 4 is 35.2 Å². The number of amides is 3. The van der Waals surface area contributed by atoms with Gasteiger partial charge in [0.05, 0.1) is 6.54 Å². The summed E-state index contributed by atoms with van der Waals surface area (Å²) in [6.07, 6.45) is 0.309. The lowest BCUT2D eigenvalue weighted by Gasteiger charge is -2.24. The number of ether oxygens (including phenoxy) is 1. The first-order valence-electron chi connectivity index (χ1n) is 11.6. The van der Waals surface area contributed by atoms with Crippen LogP contribution in [0.5, 0.6) is 0 Å². The molecule has 0 unspecified atom stereocenters. The summed E-state index contributed by atoms with van der Waals surface area (Å²) in [6, 6.07) is 18.3. The van der Waals surface area contributed by atoms with Gasteiger partial charge in [-0.25, -0.2) is 9.18 Å². The highest BCUT2D eigenvalue weighted by Gasteiger charge is 2.48. The Morgan fingerprint density at radius 2 is 1.78 bits per heavy atom. The minimum absolute atomic E-state index is 0.100. The zero-order valence-corrected chi connectivity index (χ0v) is 19.9. The summed E-state index contributed by atoms with van der Waals surface area (Å²) in [4.78, 5) is 40.2. The van der Waals surface area contributed by atoms with Gasteiger partial charge < -0.3 is 15.4 Å². The van der Waals surface area contributed by atoms with Gasteiger partial charge >= 0.3 is 6.09 Å². The second-order valence-corrected chi connectivity index (χ2v) is 9.31. The van der Waals surface area contributed by atoms with Gasteiger partial charge in [0.15, 0.2) is 12.1 Å². The lowest BCUT2D eigenvalue weighted by molar-refractivity contribution is -0.126. The number of benzene rings is 3. The molecule has 1 saturated carbocycles. The topological polar surface area (TPSA) is 87.7 Å². The van der Waals surface area contributed by atoms with E-state index in [1.54, 1.807) is 42.5 Å². The van der Waals surface area contributed by atoms with E-state index >= 15 is 0 Å². The van der Waals surface area contributed by atoms with Crippen molar-refractivity contribution in [3.63, 3.8) is 0 Å². The fourth-order valence-corrected chi connectivity index (χ4v) is 4.37. The molecule has 3 aromatic carbocycles. The Kier molecular flexibility index (Phi) is 6.61. The maximum atomic E-state index is 13.3. The molecule has 0 bridgehead atoms. The molecule has 1 heterocycles. The smallest absolute Gasteiger partial charge is 0.411 e. The SMILES string of the molecule is O=C(Nc1cccc([C@@H]2OC(=O)N(Cc3cccc(Cl)c3)[C@@H]2C(=O)NC2CC2)c1)c1ccc(F)cc1. The third-order valence-electron chi connectivity index (χ3n) is 6.10. The lowest BCUT2D eigenvalue weighted by Crippen LogP contribution is -2.46. The van der Waals surface area contributed by atoms with Crippen LogP contribution < -0.4 is 10.6 Å². The molecular formula is C27H23ClFN3O4. The number of anilines is 1. The third kappa shape index (κ3) is 5.33. The zero-order chi connectivity index (χ0) is 25.2. The van der Waals surface area contributed by atoms with Gasteiger partial charge in [0.1, 0.15) is 5.82 Å². The van der Waals surface area contributed by atoms with E-state index in [1.807, 2.05) is 6.07 Å². The number of nitrogens with zero attached hydrogens (tertiary/aromatic N) is 1. The number of carbonyl (C=O) groups excluding carboxylic acids is 3. The molecule has 3 amide bonds. The molecule has 7 nitrogen and oxygen atoms in total. The van der Waals surface area contributed by atoms with Crippen LogP contribution in [0.25, 0.3) is 0 Å². The van der Waals surface area contributed by atoms with Crippen LogP contribution in [0.4, 0.5) is 14.9 Å². The maximum Gasteiger partial charge on any atom is 0.411 e. The van der Waals surface area contributed by atoms with Crippen LogP contribution in [0.3, 0.4) is 0 Å². The molecule has 2 aliphatic rings. The normalized spacial score (nSPS) is 19.1. The predicted molar refractivity (Wildman–Crippen MR) is 132 cm³/mol. The van der Waals surface area contributed by atoms with E-state index in [0.29, 0.717) is 21.8 Å². The molecule has 5 rings (SSSR count). The lowest BCUT2D eigenvalue weighted by atomic mass is 10.00. The fourth-order valence-electron chi connectivity index (χ4n) is 4.15. The molecular weight excluding hydrogens is 485 g/mol. The van der Waals surface area contributed by atoms with Gasteiger partial charge in [-0.15, -0.1) is 0 Å². The van der Waals surface area contributed by atoms with Crippen molar-refractivity contribution in [2.24, 2.45) is 0 Å². The summed E-state index contributed by atoms with van der Waals surface area (Å²) >= 11 is 6.11. The highest BCUT2D eigenvalue weighted by atomic mass is 35.5. The van der Waals surface area contributed by atoms with E-state index in [-0.39, 0.29) is 18.5 Å². The van der Waals surface area contributed by atoms with Crippen molar-refractivity contribution in [1.82, 2.24) is 10.2 Å². The van der Waals surface area contributed by atoms with Crippen LogP contribution >= 0.6 is 11.6 Å². The second kappa shape index (κ2) is 9.99. The van der Waals surface area contributed by atoms with Crippen molar-refractivity contribution in [2.75, 3.05) is 5.32 Å². The Balaban J connectivity index is 1.40. The van der Waals surface area contributed by atoms with Crippen LogP contribution in [0.1, 0.15) is 40.4 Å². The Hall–Kier alpha value is -3.91. The fraction of sp³-hybridized carbons (Fsp3) is 0.222. The molecule has 0 aromatic heterocycles. The Labute approximate surface area is 212 Å². The number of rotatable bonds is 7. The van der Waals surface area contributed by atoms with Crippen LogP contribution in [0, 0.1) is 5.82 Å². The first-order chi connectivity index (χ1) is 17.4. The number of hydrogen-bond donors (Lipinski definition) is 2. The molecule has 1 aliphatic heterocycles. The maximum absolute atomic E-state index is 13.3. The van der Waals surface area contributed by atoms with E-state index in [1.165, 1.54) is 29.2 Å². The largest absolute Gasteiger partial charge is 0.438 e. The van der Waals surface area contributed by atoms with Crippen molar-refractivity contribution in [2.45, 2.75) is 37.6 Å². The van der Waals surface area contributed by atoms with Gasteiger partial charge in [-0.1, -0.05) is 35.9 Å². The molecule has 2 atom stereocenters. The van der Waals surface area contributed by atoms with Crippen LogP contribution in [-0.2, 0) is 16.1 Å². The molecule has 184 valence electrons. The molecule has 0 radical (unpaired) electrons. The summed E-state index contributed by atoms with van der Waals surface area (Å²) in [5, 5.41) is 6.27. The minimum atomic E-state index is -0.903. The van der Waals surface area contributed by atoms with Gasteiger partial charge in [-0.2, -0.15) is 0 Å². The molecule has 36 heavy (non-hydrogen) atoms. The van der Waals surface area contributed by atoms with Gasteiger partial charge in [-0.3, -0.25) is 14.5 Å². The minimum Gasteiger partial charge on any atom is -0.438 e. The molecule has 3 aromatic rings. The summed E-state index contributed by atoms with van der Waals surface area (Å²) < 4.78 is 18.9. The first-order valence-corrected chi connectivity index (χ1v) is 11.9. The first kappa shape index (κ1) is 23.8. The number of carbonyl (C=O) groups is 3. The van der Waals surface area contributed by atoms with Crippen molar-refractivity contribution in [3.8, 4) is 0 Å². The molecule has 0 spiro atoms. The van der Waals surface area contributed by atoms with Crippen LogP contribution in [-0.4, -0.2) is 34.9 Å². The Bertz CT molecular complexity index is 1310. The predicted octanol–water partition coefficient (Wildman–Crippen LogP) is 5.07. The Morgan fingerprint density at radius 3 is 2.50 bits per heavy atom. The van der Waals surface area contributed by atoms with Crippen molar-refractivity contribution in [3.05, 3.63) is 100 Å². The van der Waals surface area contributed by atoms with Crippen molar-refractivity contribution in [1.29, 1.82) is 0 Å². The zero-order valence-electron chi connectivity index (χ0n) is 19.1. The molecule has 1 aliphatic carbocycles. The van der Waals surface area contributed by atoms with E-state index in [0.717, 1.165) is 18.4 Å². The summed E-state index contributed by atoms with van der Waals surface area (Å²) in [5.41, 5.74) is 2.07. The highest BCUT2D eigenvalue weighted by molar-refractivity contribution is 6.30. The van der Waals surface area contributed by atoms with Crippen LogP contribution in [0.2, 0.25) is 5.02 Å². The van der Waals surface area contributed by atoms with E-state index < -0.39 is 30.0 Å². The highest BCUT2D eigenvalue weighted by Crippen LogP contribution is 2.36.